The van der Waals surface area contributed by atoms with Gasteiger partial charge in [-0.2, -0.15) is 4.98 Å². The summed E-state index contributed by atoms with van der Waals surface area (Å²) >= 11 is 0. The van der Waals surface area contributed by atoms with E-state index < -0.39 is 0 Å². The molecule has 8 heteroatoms. The molecule has 0 aromatic carbocycles. The zero-order valence-corrected chi connectivity index (χ0v) is 12.1. The SMILES string of the molecule is Cc1noc2nc(C)n(CC(=O)NCc3ccco3)c(=O)c12. The fourth-order valence-electron chi connectivity index (χ4n) is 2.15. The van der Waals surface area contributed by atoms with Crippen LogP contribution in [-0.2, 0) is 17.9 Å². The van der Waals surface area contributed by atoms with Crippen molar-refractivity contribution in [2.75, 3.05) is 0 Å². The van der Waals surface area contributed by atoms with Crippen molar-refractivity contribution < 1.29 is 13.7 Å². The highest BCUT2D eigenvalue weighted by atomic mass is 16.5. The Hall–Kier alpha value is -2.90. The van der Waals surface area contributed by atoms with Crippen molar-refractivity contribution in [3.63, 3.8) is 0 Å². The van der Waals surface area contributed by atoms with E-state index >= 15 is 0 Å². The molecule has 0 fully saturated rings. The zero-order chi connectivity index (χ0) is 15.7. The molecule has 0 unspecified atom stereocenters. The highest BCUT2D eigenvalue weighted by Crippen LogP contribution is 2.11. The lowest BCUT2D eigenvalue weighted by molar-refractivity contribution is -0.122. The summed E-state index contributed by atoms with van der Waals surface area (Å²) in [6, 6.07) is 3.49. The van der Waals surface area contributed by atoms with Crippen LogP contribution >= 0.6 is 0 Å². The first kappa shape index (κ1) is 14.1. The normalized spacial score (nSPS) is 11.0. The average Bonchev–Trinajstić information content (AvgIpc) is 3.11. The van der Waals surface area contributed by atoms with Crippen LogP contribution in [0.4, 0.5) is 0 Å². The molecular weight excluding hydrogens is 288 g/mol. The number of carbonyl (C=O) groups is 1. The van der Waals surface area contributed by atoms with Crippen LogP contribution in [0.3, 0.4) is 0 Å². The van der Waals surface area contributed by atoms with Crippen LogP contribution in [0.2, 0.25) is 0 Å². The van der Waals surface area contributed by atoms with E-state index in [1.54, 1.807) is 26.0 Å². The molecule has 3 aromatic heterocycles. The molecule has 0 saturated carbocycles. The Labute approximate surface area is 124 Å². The molecule has 3 rings (SSSR count). The van der Waals surface area contributed by atoms with Gasteiger partial charge in [0.25, 0.3) is 11.3 Å². The Morgan fingerprint density at radius 2 is 2.23 bits per heavy atom. The predicted octanol–water partition coefficient (Wildman–Crippen LogP) is 0.911. The second kappa shape index (κ2) is 5.47. The molecule has 0 saturated heterocycles. The lowest BCUT2D eigenvalue weighted by Crippen LogP contribution is -2.33. The number of aromatic nitrogens is 3. The van der Waals surface area contributed by atoms with Gasteiger partial charge >= 0.3 is 0 Å². The first-order valence-electron chi connectivity index (χ1n) is 6.69. The molecule has 3 aromatic rings. The van der Waals surface area contributed by atoms with Crippen LogP contribution in [0, 0.1) is 13.8 Å². The van der Waals surface area contributed by atoms with Gasteiger partial charge < -0.3 is 14.3 Å². The number of hydrogen-bond acceptors (Lipinski definition) is 6. The summed E-state index contributed by atoms with van der Waals surface area (Å²) in [5.41, 5.74) is 0.305. The maximum atomic E-state index is 12.4. The number of carbonyl (C=O) groups excluding carboxylic acids is 1. The van der Waals surface area contributed by atoms with E-state index in [4.69, 9.17) is 8.94 Å². The van der Waals surface area contributed by atoms with Crippen LogP contribution in [0.1, 0.15) is 17.3 Å². The Morgan fingerprint density at radius 3 is 2.95 bits per heavy atom. The number of nitrogens with one attached hydrogen (secondary N) is 1. The minimum atomic E-state index is -0.339. The molecule has 1 N–H and O–H groups in total. The molecule has 0 aliphatic rings. The van der Waals surface area contributed by atoms with E-state index in [-0.39, 0.29) is 30.3 Å². The van der Waals surface area contributed by atoms with Gasteiger partial charge in [-0.05, 0) is 26.0 Å². The Balaban J connectivity index is 1.82. The number of hydrogen-bond donors (Lipinski definition) is 1. The van der Waals surface area contributed by atoms with Crippen LogP contribution in [0.15, 0.2) is 32.1 Å². The predicted molar refractivity (Wildman–Crippen MR) is 76.1 cm³/mol. The molecule has 22 heavy (non-hydrogen) atoms. The molecule has 114 valence electrons. The van der Waals surface area contributed by atoms with Crippen molar-refractivity contribution in [2.24, 2.45) is 0 Å². The van der Waals surface area contributed by atoms with Crippen molar-refractivity contribution in [3.8, 4) is 0 Å². The van der Waals surface area contributed by atoms with Gasteiger partial charge in [0, 0.05) is 0 Å². The van der Waals surface area contributed by atoms with Gasteiger partial charge in [0.2, 0.25) is 5.91 Å². The van der Waals surface area contributed by atoms with Crippen molar-refractivity contribution >= 4 is 17.0 Å². The number of rotatable bonds is 4. The molecule has 0 atom stereocenters. The molecule has 0 aliphatic carbocycles. The minimum absolute atomic E-state index is 0.126. The lowest BCUT2D eigenvalue weighted by atomic mass is 10.3. The van der Waals surface area contributed by atoms with Crippen LogP contribution in [0.5, 0.6) is 0 Å². The Morgan fingerprint density at radius 1 is 1.41 bits per heavy atom. The van der Waals surface area contributed by atoms with Gasteiger partial charge in [0.15, 0.2) is 0 Å². The molecule has 8 nitrogen and oxygen atoms in total. The van der Waals surface area contributed by atoms with Gasteiger partial charge in [0.1, 0.15) is 23.5 Å². The largest absolute Gasteiger partial charge is 0.467 e. The summed E-state index contributed by atoms with van der Waals surface area (Å²) < 4.78 is 11.4. The van der Waals surface area contributed by atoms with E-state index in [0.29, 0.717) is 22.7 Å². The topological polar surface area (TPSA) is 103 Å². The first-order valence-corrected chi connectivity index (χ1v) is 6.69. The first-order chi connectivity index (χ1) is 10.6. The van der Waals surface area contributed by atoms with E-state index in [2.05, 4.69) is 15.5 Å². The summed E-state index contributed by atoms with van der Waals surface area (Å²) in [7, 11) is 0. The third kappa shape index (κ3) is 2.50. The van der Waals surface area contributed by atoms with E-state index in [1.165, 1.54) is 10.8 Å². The molecular formula is C14H14N4O4. The van der Waals surface area contributed by atoms with E-state index in [9.17, 15) is 9.59 Å². The Kier molecular flexibility index (Phi) is 3.50. The average molecular weight is 302 g/mol. The van der Waals surface area contributed by atoms with Crippen LogP contribution in [-0.4, -0.2) is 20.6 Å². The highest BCUT2D eigenvalue weighted by Gasteiger charge is 2.16. The molecule has 0 aliphatic heterocycles. The van der Waals surface area contributed by atoms with Gasteiger partial charge in [-0.1, -0.05) is 5.16 Å². The van der Waals surface area contributed by atoms with Crippen molar-refractivity contribution in [1.29, 1.82) is 0 Å². The fraction of sp³-hybridized carbons (Fsp3) is 0.286. The van der Waals surface area contributed by atoms with Crippen LogP contribution in [0.25, 0.3) is 11.1 Å². The summed E-state index contributed by atoms with van der Waals surface area (Å²) in [6.07, 6.45) is 1.53. The summed E-state index contributed by atoms with van der Waals surface area (Å²) in [6.45, 7) is 3.44. The third-order valence-corrected chi connectivity index (χ3v) is 3.30. The summed E-state index contributed by atoms with van der Waals surface area (Å²) in [5, 5.41) is 6.71. The van der Waals surface area contributed by atoms with Gasteiger partial charge in [0.05, 0.1) is 18.5 Å². The summed E-state index contributed by atoms with van der Waals surface area (Å²) in [5.74, 6) is 0.722. The van der Waals surface area contributed by atoms with E-state index in [0.717, 1.165) is 0 Å². The molecule has 3 heterocycles. The van der Waals surface area contributed by atoms with Gasteiger partial charge in [-0.15, -0.1) is 0 Å². The minimum Gasteiger partial charge on any atom is -0.467 e. The number of nitrogens with zero attached hydrogens (tertiary/aromatic N) is 3. The zero-order valence-electron chi connectivity index (χ0n) is 12.1. The lowest BCUT2D eigenvalue weighted by Gasteiger charge is -2.09. The highest BCUT2D eigenvalue weighted by molar-refractivity contribution is 5.77. The maximum absolute atomic E-state index is 12.4. The third-order valence-electron chi connectivity index (χ3n) is 3.30. The second-order valence-corrected chi connectivity index (χ2v) is 4.85. The summed E-state index contributed by atoms with van der Waals surface area (Å²) in [4.78, 5) is 28.6. The smallest absolute Gasteiger partial charge is 0.267 e. The molecule has 0 radical (unpaired) electrons. The molecule has 1 amide bonds. The Bertz CT molecular complexity index is 876. The van der Waals surface area contributed by atoms with E-state index in [1.807, 2.05) is 0 Å². The number of amides is 1. The molecule has 0 bridgehead atoms. The van der Waals surface area contributed by atoms with Crippen molar-refractivity contribution in [3.05, 3.63) is 46.0 Å². The fourth-order valence-corrected chi connectivity index (χ4v) is 2.15. The van der Waals surface area contributed by atoms with Gasteiger partial charge in [-0.3, -0.25) is 14.2 Å². The monoisotopic (exact) mass is 302 g/mol. The second-order valence-electron chi connectivity index (χ2n) is 4.85. The number of aryl methyl sites for hydroxylation is 2. The standard InChI is InChI=1S/C14H14N4O4/c1-8-12-13(22-17-8)16-9(2)18(14(12)20)7-11(19)15-6-10-4-3-5-21-10/h3-5H,6-7H2,1-2H3,(H,15,19). The quantitative estimate of drug-likeness (QED) is 0.768. The molecule has 0 spiro atoms. The van der Waals surface area contributed by atoms with Gasteiger partial charge in [-0.25, -0.2) is 0 Å². The van der Waals surface area contributed by atoms with Crippen molar-refractivity contribution in [2.45, 2.75) is 26.9 Å². The number of furan rings is 1. The van der Waals surface area contributed by atoms with Crippen LogP contribution < -0.4 is 10.9 Å². The maximum Gasteiger partial charge on any atom is 0.267 e. The van der Waals surface area contributed by atoms with Crippen molar-refractivity contribution in [1.82, 2.24) is 20.0 Å². The number of fused-ring (bicyclic) bond motifs is 1.